The molecule has 1 aliphatic rings. The quantitative estimate of drug-likeness (QED) is 0.625. The number of hydrogen-bond acceptors (Lipinski definition) is 3. The largest absolute Gasteiger partial charge is 0.355 e. The van der Waals surface area contributed by atoms with Crippen molar-refractivity contribution in [2.45, 2.75) is 52.1 Å². The van der Waals surface area contributed by atoms with Gasteiger partial charge in [-0.15, -0.1) is 11.3 Å². The Morgan fingerprint density at radius 2 is 2.32 bits per heavy atom. The number of nitrogens with one attached hydrogen (secondary N) is 2. The number of likely N-dealkylation sites (tertiary alicyclic amines) is 1. The zero-order valence-corrected chi connectivity index (χ0v) is 15.2. The summed E-state index contributed by atoms with van der Waals surface area (Å²) in [6, 6.07) is 5.46. The van der Waals surface area contributed by atoms with Crippen LogP contribution in [0.3, 0.4) is 0 Å². The van der Waals surface area contributed by atoms with E-state index in [-0.39, 0.29) is 0 Å². The monoisotopic (exact) mass is 322 g/mol. The second kappa shape index (κ2) is 8.53. The van der Waals surface area contributed by atoms with Gasteiger partial charge in [0.1, 0.15) is 0 Å². The van der Waals surface area contributed by atoms with Crippen molar-refractivity contribution in [1.29, 1.82) is 0 Å². The molecule has 2 rings (SSSR count). The summed E-state index contributed by atoms with van der Waals surface area (Å²) in [4.78, 5) is 9.73. The molecule has 2 atom stereocenters. The fourth-order valence-electron chi connectivity index (χ4n) is 3.13. The highest BCUT2D eigenvalue weighted by molar-refractivity contribution is 7.11. The van der Waals surface area contributed by atoms with Crippen molar-refractivity contribution >= 4 is 17.3 Å². The molecule has 4 nitrogen and oxygen atoms in total. The third-order valence-electron chi connectivity index (χ3n) is 4.32. The summed E-state index contributed by atoms with van der Waals surface area (Å²) in [7, 11) is 1.85. The van der Waals surface area contributed by atoms with Crippen LogP contribution in [0.5, 0.6) is 0 Å². The van der Waals surface area contributed by atoms with Gasteiger partial charge in [0.2, 0.25) is 0 Å². The van der Waals surface area contributed by atoms with Gasteiger partial charge >= 0.3 is 0 Å². The van der Waals surface area contributed by atoms with Gasteiger partial charge in [0, 0.05) is 41.9 Å². The predicted octanol–water partition coefficient (Wildman–Crippen LogP) is 2.64. The van der Waals surface area contributed by atoms with Crippen LogP contribution < -0.4 is 10.6 Å². The van der Waals surface area contributed by atoms with Crippen molar-refractivity contribution in [3.05, 3.63) is 21.9 Å². The molecule has 0 bridgehead atoms. The Bertz CT molecular complexity index is 483. The Hall–Kier alpha value is -1.07. The lowest BCUT2D eigenvalue weighted by molar-refractivity contribution is 0.267. The average Bonchev–Trinajstić information content (AvgIpc) is 3.11. The van der Waals surface area contributed by atoms with Crippen LogP contribution in [0.4, 0.5) is 0 Å². The van der Waals surface area contributed by atoms with Crippen LogP contribution in [0.15, 0.2) is 17.1 Å². The van der Waals surface area contributed by atoms with Crippen LogP contribution in [0, 0.1) is 6.92 Å². The van der Waals surface area contributed by atoms with Gasteiger partial charge in [0.25, 0.3) is 0 Å². The van der Waals surface area contributed by atoms with Gasteiger partial charge in [-0.05, 0) is 51.9 Å². The molecule has 1 aromatic rings. The SMILES string of the molecule is CCN1CCCC1CNC(=NC)NC(C)Cc1ccc(C)s1. The number of nitrogens with zero attached hydrogens (tertiary/aromatic N) is 2. The molecular weight excluding hydrogens is 292 g/mol. The van der Waals surface area contributed by atoms with E-state index in [4.69, 9.17) is 0 Å². The summed E-state index contributed by atoms with van der Waals surface area (Å²) in [5.74, 6) is 0.920. The first-order valence-corrected chi connectivity index (χ1v) is 9.20. The van der Waals surface area contributed by atoms with Crippen LogP contribution in [0.1, 0.15) is 36.4 Å². The lowest BCUT2D eigenvalue weighted by Gasteiger charge is -2.25. The molecule has 0 aromatic carbocycles. The average molecular weight is 323 g/mol. The Morgan fingerprint density at radius 3 is 2.95 bits per heavy atom. The molecule has 1 aliphatic heterocycles. The summed E-state index contributed by atoms with van der Waals surface area (Å²) >= 11 is 1.88. The Kier molecular flexibility index (Phi) is 6.70. The van der Waals surface area contributed by atoms with E-state index in [2.05, 4.69) is 53.4 Å². The number of guanidine groups is 1. The summed E-state index contributed by atoms with van der Waals surface area (Å²) in [5, 5.41) is 7.01. The number of thiophene rings is 1. The molecule has 22 heavy (non-hydrogen) atoms. The highest BCUT2D eigenvalue weighted by Crippen LogP contribution is 2.17. The summed E-state index contributed by atoms with van der Waals surface area (Å²) in [5.41, 5.74) is 0. The van der Waals surface area contributed by atoms with Crippen molar-refractivity contribution in [1.82, 2.24) is 15.5 Å². The van der Waals surface area contributed by atoms with E-state index in [1.54, 1.807) is 0 Å². The molecule has 0 saturated carbocycles. The minimum absolute atomic E-state index is 0.384. The fraction of sp³-hybridized carbons (Fsp3) is 0.706. The molecule has 1 saturated heterocycles. The number of aliphatic imine (C=N–C) groups is 1. The van der Waals surface area contributed by atoms with Crippen molar-refractivity contribution in [3.8, 4) is 0 Å². The zero-order chi connectivity index (χ0) is 15.9. The molecule has 1 aromatic heterocycles. The molecule has 2 N–H and O–H groups in total. The normalized spacial score (nSPS) is 21.1. The van der Waals surface area contributed by atoms with Gasteiger partial charge < -0.3 is 10.6 Å². The van der Waals surface area contributed by atoms with E-state index in [1.165, 1.54) is 29.1 Å². The topological polar surface area (TPSA) is 39.7 Å². The molecule has 0 amide bonds. The van der Waals surface area contributed by atoms with Gasteiger partial charge in [0.15, 0.2) is 5.96 Å². The van der Waals surface area contributed by atoms with Crippen LogP contribution in [0.2, 0.25) is 0 Å². The maximum Gasteiger partial charge on any atom is 0.191 e. The van der Waals surface area contributed by atoms with E-state index in [9.17, 15) is 0 Å². The smallest absolute Gasteiger partial charge is 0.191 e. The maximum atomic E-state index is 4.37. The second-order valence-electron chi connectivity index (χ2n) is 6.14. The van der Waals surface area contributed by atoms with Crippen molar-refractivity contribution < 1.29 is 0 Å². The highest BCUT2D eigenvalue weighted by Gasteiger charge is 2.22. The van der Waals surface area contributed by atoms with Crippen LogP contribution in [0.25, 0.3) is 0 Å². The zero-order valence-electron chi connectivity index (χ0n) is 14.4. The third kappa shape index (κ3) is 4.99. The minimum atomic E-state index is 0.384. The molecular formula is C17H30N4S. The van der Waals surface area contributed by atoms with Crippen LogP contribution >= 0.6 is 11.3 Å². The molecule has 5 heteroatoms. The molecule has 0 aliphatic carbocycles. The molecule has 1 fully saturated rings. The molecule has 2 heterocycles. The Balaban J connectivity index is 1.77. The first kappa shape index (κ1) is 17.3. The van der Waals surface area contributed by atoms with Gasteiger partial charge in [-0.25, -0.2) is 0 Å². The van der Waals surface area contributed by atoms with E-state index in [0.29, 0.717) is 12.1 Å². The van der Waals surface area contributed by atoms with Crippen molar-refractivity contribution in [3.63, 3.8) is 0 Å². The standard InChI is InChI=1S/C17H30N4S/c1-5-21-10-6-7-15(21)12-19-17(18-4)20-13(2)11-16-9-8-14(3)22-16/h8-9,13,15H,5-7,10-12H2,1-4H3,(H2,18,19,20). The number of aryl methyl sites for hydroxylation is 1. The Labute approximate surface area is 139 Å². The third-order valence-corrected chi connectivity index (χ3v) is 5.34. The first-order valence-electron chi connectivity index (χ1n) is 8.39. The minimum Gasteiger partial charge on any atom is -0.355 e. The Morgan fingerprint density at radius 1 is 1.50 bits per heavy atom. The van der Waals surface area contributed by atoms with E-state index in [1.807, 2.05) is 18.4 Å². The van der Waals surface area contributed by atoms with Gasteiger partial charge in [-0.3, -0.25) is 9.89 Å². The maximum absolute atomic E-state index is 4.37. The lowest BCUT2D eigenvalue weighted by Crippen LogP contribution is -2.47. The molecule has 2 unspecified atom stereocenters. The summed E-state index contributed by atoms with van der Waals surface area (Å²) in [6.07, 6.45) is 3.66. The van der Waals surface area contributed by atoms with E-state index >= 15 is 0 Å². The number of hydrogen-bond donors (Lipinski definition) is 2. The molecule has 0 spiro atoms. The van der Waals surface area contributed by atoms with Crippen molar-refractivity contribution in [2.75, 3.05) is 26.7 Å². The summed E-state index contributed by atoms with van der Waals surface area (Å²) < 4.78 is 0. The highest BCUT2D eigenvalue weighted by atomic mass is 32.1. The van der Waals surface area contributed by atoms with Gasteiger partial charge in [0.05, 0.1) is 0 Å². The van der Waals surface area contributed by atoms with Crippen molar-refractivity contribution in [2.24, 2.45) is 4.99 Å². The number of rotatable bonds is 6. The molecule has 124 valence electrons. The predicted molar refractivity (Wildman–Crippen MR) is 97.0 cm³/mol. The van der Waals surface area contributed by atoms with Gasteiger partial charge in [-0.2, -0.15) is 0 Å². The van der Waals surface area contributed by atoms with E-state index < -0.39 is 0 Å². The number of likely N-dealkylation sites (N-methyl/N-ethyl adjacent to an activating group) is 1. The second-order valence-corrected chi connectivity index (χ2v) is 7.51. The summed E-state index contributed by atoms with van der Waals surface area (Å²) in [6.45, 7) is 9.99. The fourth-order valence-corrected chi connectivity index (χ4v) is 4.15. The molecule has 0 radical (unpaired) electrons. The van der Waals surface area contributed by atoms with Crippen LogP contribution in [-0.2, 0) is 6.42 Å². The van der Waals surface area contributed by atoms with Gasteiger partial charge in [-0.1, -0.05) is 6.92 Å². The first-order chi connectivity index (χ1) is 10.6. The van der Waals surface area contributed by atoms with Crippen LogP contribution in [-0.4, -0.2) is 49.6 Å². The van der Waals surface area contributed by atoms with E-state index in [0.717, 1.165) is 25.5 Å². The lowest BCUT2D eigenvalue weighted by atomic mass is 10.2.